The Labute approximate surface area is 143 Å². The third-order valence-corrected chi connectivity index (χ3v) is 3.09. The molecule has 0 bridgehead atoms. The number of halogens is 1. The van der Waals surface area contributed by atoms with Crippen molar-refractivity contribution in [1.29, 1.82) is 0 Å². The van der Waals surface area contributed by atoms with Crippen molar-refractivity contribution in [2.24, 2.45) is 0 Å². The molecule has 0 saturated carbocycles. The maximum absolute atomic E-state index is 13.2. The Balaban J connectivity index is 1.88. The lowest BCUT2D eigenvalue weighted by molar-refractivity contribution is -0.387. The summed E-state index contributed by atoms with van der Waals surface area (Å²) >= 11 is 0. The molecule has 0 unspecified atom stereocenters. The molecular formula is C17H17FN2O5. The second-order valence-corrected chi connectivity index (χ2v) is 5.08. The van der Waals surface area contributed by atoms with Crippen LogP contribution in [0, 0.1) is 15.9 Å². The molecule has 0 atom stereocenters. The van der Waals surface area contributed by atoms with E-state index in [1.54, 1.807) is 24.3 Å². The van der Waals surface area contributed by atoms with Gasteiger partial charge in [0.05, 0.1) is 11.5 Å². The van der Waals surface area contributed by atoms with Crippen molar-refractivity contribution in [3.05, 3.63) is 58.4 Å². The summed E-state index contributed by atoms with van der Waals surface area (Å²) in [4.78, 5) is 21.7. The molecule has 2 aromatic rings. The summed E-state index contributed by atoms with van der Waals surface area (Å²) in [5.74, 6) is -0.307. The number of ether oxygens (including phenoxy) is 2. The number of nitrogens with one attached hydrogen (secondary N) is 1. The average Bonchev–Trinajstić information content (AvgIpc) is 2.60. The van der Waals surface area contributed by atoms with Crippen molar-refractivity contribution in [3.63, 3.8) is 0 Å². The summed E-state index contributed by atoms with van der Waals surface area (Å²) < 4.78 is 24.0. The summed E-state index contributed by atoms with van der Waals surface area (Å²) in [6.07, 6.45) is 0.903. The molecule has 0 aliphatic heterocycles. The van der Waals surface area contributed by atoms with Gasteiger partial charge in [-0.15, -0.1) is 0 Å². The zero-order chi connectivity index (χ0) is 18.2. The van der Waals surface area contributed by atoms with Gasteiger partial charge in [0, 0.05) is 11.8 Å². The van der Waals surface area contributed by atoms with E-state index in [9.17, 15) is 19.3 Å². The van der Waals surface area contributed by atoms with Gasteiger partial charge in [0.2, 0.25) is 5.82 Å². The van der Waals surface area contributed by atoms with Gasteiger partial charge in [-0.1, -0.05) is 6.92 Å². The number of anilines is 1. The van der Waals surface area contributed by atoms with Gasteiger partial charge < -0.3 is 14.8 Å². The van der Waals surface area contributed by atoms with Crippen LogP contribution in [-0.2, 0) is 4.79 Å². The number of carbonyl (C=O) groups excluding carboxylic acids is 1. The maximum Gasteiger partial charge on any atom is 0.306 e. The summed E-state index contributed by atoms with van der Waals surface area (Å²) in [5.41, 5.74) is -0.591. The highest BCUT2D eigenvalue weighted by Gasteiger charge is 2.15. The molecule has 0 aromatic heterocycles. The zero-order valence-corrected chi connectivity index (χ0v) is 13.5. The van der Waals surface area contributed by atoms with Gasteiger partial charge in [-0.3, -0.25) is 14.9 Å². The molecule has 1 amide bonds. The molecule has 0 heterocycles. The monoisotopic (exact) mass is 348 g/mol. The lowest BCUT2D eigenvalue weighted by Crippen LogP contribution is -2.20. The molecule has 25 heavy (non-hydrogen) atoms. The van der Waals surface area contributed by atoms with Crippen molar-refractivity contribution < 1.29 is 23.6 Å². The number of benzene rings is 2. The highest BCUT2D eigenvalue weighted by Crippen LogP contribution is 2.22. The molecule has 0 fully saturated rings. The molecule has 8 heteroatoms. The molecular weight excluding hydrogens is 331 g/mol. The van der Waals surface area contributed by atoms with Crippen LogP contribution in [0.15, 0.2) is 42.5 Å². The topological polar surface area (TPSA) is 90.7 Å². The van der Waals surface area contributed by atoms with Crippen LogP contribution in [0.5, 0.6) is 11.5 Å². The first kappa shape index (κ1) is 18.2. The van der Waals surface area contributed by atoms with E-state index in [2.05, 4.69) is 5.32 Å². The number of amides is 1. The largest absolute Gasteiger partial charge is 0.494 e. The SMILES string of the molecule is CCCOc1ccc(OCC(=O)Nc2ccc(F)c([N+](=O)[O-])c2)cc1. The first-order valence-electron chi connectivity index (χ1n) is 7.59. The molecule has 2 aromatic carbocycles. The minimum atomic E-state index is -0.968. The lowest BCUT2D eigenvalue weighted by atomic mass is 10.2. The minimum absolute atomic E-state index is 0.116. The van der Waals surface area contributed by atoms with Crippen molar-refractivity contribution in [1.82, 2.24) is 0 Å². The van der Waals surface area contributed by atoms with Gasteiger partial charge in [0.1, 0.15) is 11.5 Å². The van der Waals surface area contributed by atoms with Crippen LogP contribution in [0.3, 0.4) is 0 Å². The fourth-order valence-electron chi connectivity index (χ4n) is 1.93. The predicted octanol–water partition coefficient (Wildman–Crippen LogP) is 3.54. The molecule has 2 rings (SSSR count). The van der Waals surface area contributed by atoms with E-state index in [-0.39, 0.29) is 12.3 Å². The van der Waals surface area contributed by atoms with Gasteiger partial charge in [-0.2, -0.15) is 4.39 Å². The normalized spacial score (nSPS) is 10.2. The average molecular weight is 348 g/mol. The molecule has 0 spiro atoms. The number of nitro groups is 1. The van der Waals surface area contributed by atoms with E-state index in [4.69, 9.17) is 9.47 Å². The van der Waals surface area contributed by atoms with Gasteiger partial charge in [-0.05, 0) is 42.8 Å². The van der Waals surface area contributed by atoms with Crippen LogP contribution in [0.2, 0.25) is 0 Å². The van der Waals surface area contributed by atoms with Gasteiger partial charge >= 0.3 is 5.69 Å². The Morgan fingerprint density at radius 2 is 1.80 bits per heavy atom. The summed E-state index contributed by atoms with van der Waals surface area (Å²) in [5, 5.41) is 13.1. The van der Waals surface area contributed by atoms with Crippen LogP contribution >= 0.6 is 0 Å². The first-order chi connectivity index (χ1) is 12.0. The number of nitro benzene ring substituents is 1. The third-order valence-electron chi connectivity index (χ3n) is 3.09. The Kier molecular flexibility index (Phi) is 6.27. The summed E-state index contributed by atoms with van der Waals surface area (Å²) in [7, 11) is 0. The van der Waals surface area contributed by atoms with Gasteiger partial charge in [0.25, 0.3) is 5.91 Å². The first-order valence-corrected chi connectivity index (χ1v) is 7.59. The van der Waals surface area contributed by atoms with Crippen molar-refractivity contribution in [3.8, 4) is 11.5 Å². The highest BCUT2D eigenvalue weighted by atomic mass is 19.1. The Morgan fingerprint density at radius 1 is 1.16 bits per heavy atom. The van der Waals surface area contributed by atoms with E-state index in [0.717, 1.165) is 18.6 Å². The van der Waals surface area contributed by atoms with Crippen molar-refractivity contribution in [2.45, 2.75) is 13.3 Å². The fourth-order valence-corrected chi connectivity index (χ4v) is 1.93. The fraction of sp³-hybridized carbons (Fsp3) is 0.235. The van der Waals surface area contributed by atoms with Gasteiger partial charge in [0.15, 0.2) is 6.61 Å². The van der Waals surface area contributed by atoms with Crippen molar-refractivity contribution in [2.75, 3.05) is 18.5 Å². The molecule has 132 valence electrons. The molecule has 0 saturated heterocycles. The number of hydrogen-bond acceptors (Lipinski definition) is 5. The van der Waals surface area contributed by atoms with Crippen LogP contribution in [0.25, 0.3) is 0 Å². The van der Waals surface area contributed by atoms with E-state index >= 15 is 0 Å². The minimum Gasteiger partial charge on any atom is -0.494 e. The number of carbonyl (C=O) groups is 1. The smallest absolute Gasteiger partial charge is 0.306 e. The molecule has 1 N–H and O–H groups in total. The number of hydrogen-bond donors (Lipinski definition) is 1. The second-order valence-electron chi connectivity index (χ2n) is 5.08. The molecule has 0 radical (unpaired) electrons. The van der Waals surface area contributed by atoms with Crippen LogP contribution in [0.1, 0.15) is 13.3 Å². The zero-order valence-electron chi connectivity index (χ0n) is 13.5. The van der Waals surface area contributed by atoms with Crippen LogP contribution < -0.4 is 14.8 Å². The highest BCUT2D eigenvalue weighted by molar-refractivity contribution is 5.92. The second kappa shape index (κ2) is 8.62. The summed E-state index contributed by atoms with van der Waals surface area (Å²) in [6, 6.07) is 9.90. The number of nitrogens with zero attached hydrogens (tertiary/aromatic N) is 1. The van der Waals surface area contributed by atoms with Crippen LogP contribution in [0.4, 0.5) is 15.8 Å². The van der Waals surface area contributed by atoms with E-state index in [1.165, 1.54) is 6.07 Å². The third kappa shape index (κ3) is 5.45. The van der Waals surface area contributed by atoms with Crippen LogP contribution in [-0.4, -0.2) is 24.0 Å². The molecule has 0 aliphatic carbocycles. The molecule has 0 aliphatic rings. The standard InChI is InChI=1S/C17H17FN2O5/c1-2-9-24-13-4-6-14(7-5-13)25-11-17(21)19-12-3-8-15(18)16(10-12)20(22)23/h3-8,10H,2,9,11H2,1H3,(H,19,21). The quantitative estimate of drug-likeness (QED) is 0.582. The predicted molar refractivity (Wildman–Crippen MR) is 89.4 cm³/mol. The Hall–Kier alpha value is -3.16. The Morgan fingerprint density at radius 3 is 2.40 bits per heavy atom. The summed E-state index contributed by atoms with van der Waals surface area (Å²) in [6.45, 7) is 2.33. The van der Waals surface area contributed by atoms with E-state index in [1.807, 2.05) is 6.92 Å². The lowest BCUT2D eigenvalue weighted by Gasteiger charge is -2.09. The van der Waals surface area contributed by atoms with Crippen molar-refractivity contribution >= 4 is 17.3 Å². The number of rotatable bonds is 8. The maximum atomic E-state index is 13.2. The van der Waals surface area contributed by atoms with Gasteiger partial charge in [-0.25, -0.2) is 0 Å². The van der Waals surface area contributed by atoms with E-state index in [0.29, 0.717) is 18.1 Å². The van der Waals surface area contributed by atoms with E-state index < -0.39 is 22.3 Å². The Bertz CT molecular complexity index is 749. The molecule has 7 nitrogen and oxygen atoms in total.